The van der Waals surface area contributed by atoms with Crippen molar-refractivity contribution in [2.45, 2.75) is 19.4 Å². The number of ether oxygens (including phenoxy) is 3. The molecule has 0 aromatic heterocycles. The predicted octanol–water partition coefficient (Wildman–Crippen LogP) is 3.41. The van der Waals surface area contributed by atoms with Gasteiger partial charge in [-0.3, -0.25) is 9.69 Å². The molecule has 1 aliphatic heterocycles. The number of carbonyl (C=O) groups is 1. The minimum Gasteiger partial charge on any atom is -0.497 e. The van der Waals surface area contributed by atoms with Crippen molar-refractivity contribution in [2.24, 2.45) is 5.92 Å². The Hall–Kier alpha value is -2.57. The molecule has 2 unspecified atom stereocenters. The van der Waals surface area contributed by atoms with Crippen LogP contribution in [0.4, 0.5) is 0 Å². The molecule has 2 aromatic carbocycles. The summed E-state index contributed by atoms with van der Waals surface area (Å²) in [6.45, 7) is 6.23. The van der Waals surface area contributed by atoms with Crippen molar-refractivity contribution in [3.63, 3.8) is 0 Å². The molecule has 1 aliphatic rings. The van der Waals surface area contributed by atoms with E-state index in [-0.39, 0.29) is 5.91 Å². The van der Waals surface area contributed by atoms with Gasteiger partial charge in [0.05, 0.1) is 20.8 Å². The molecule has 0 N–H and O–H groups in total. The third-order valence-corrected chi connectivity index (χ3v) is 6.04. The lowest BCUT2D eigenvalue weighted by atomic mass is 9.88. The number of likely N-dealkylation sites (tertiary alicyclic amines) is 1. The van der Waals surface area contributed by atoms with Crippen molar-refractivity contribution in [2.75, 3.05) is 54.1 Å². The van der Waals surface area contributed by atoms with Gasteiger partial charge < -0.3 is 19.1 Å². The van der Waals surface area contributed by atoms with Gasteiger partial charge in [-0.1, -0.05) is 24.3 Å². The van der Waals surface area contributed by atoms with Gasteiger partial charge in [-0.15, -0.1) is 0 Å². The van der Waals surface area contributed by atoms with Crippen LogP contribution in [0.25, 0.3) is 0 Å². The second kappa shape index (κ2) is 11.2. The van der Waals surface area contributed by atoms with Crippen molar-refractivity contribution in [1.82, 2.24) is 9.80 Å². The second-order valence-corrected chi connectivity index (χ2v) is 8.15. The number of benzene rings is 2. The summed E-state index contributed by atoms with van der Waals surface area (Å²) in [5, 5.41) is 0. The molecule has 2 atom stereocenters. The van der Waals surface area contributed by atoms with Gasteiger partial charge in [0, 0.05) is 52.7 Å². The Labute approximate surface area is 185 Å². The van der Waals surface area contributed by atoms with E-state index in [0.29, 0.717) is 25.0 Å². The monoisotopic (exact) mass is 426 g/mol. The summed E-state index contributed by atoms with van der Waals surface area (Å²) in [7, 11) is 5.06. The maximum Gasteiger partial charge on any atom is 0.219 e. The zero-order chi connectivity index (χ0) is 22.2. The van der Waals surface area contributed by atoms with E-state index in [2.05, 4.69) is 29.2 Å². The van der Waals surface area contributed by atoms with Crippen LogP contribution in [0.2, 0.25) is 0 Å². The molecule has 0 spiro atoms. The maximum absolute atomic E-state index is 12.2. The quantitative estimate of drug-likeness (QED) is 0.583. The van der Waals surface area contributed by atoms with E-state index in [1.165, 1.54) is 11.1 Å². The Bertz CT molecular complexity index is 857. The molecule has 1 fully saturated rings. The van der Waals surface area contributed by atoms with E-state index in [0.717, 1.165) is 37.7 Å². The highest BCUT2D eigenvalue weighted by Crippen LogP contribution is 2.35. The highest BCUT2D eigenvalue weighted by molar-refractivity contribution is 5.73. The molecule has 1 saturated heterocycles. The summed E-state index contributed by atoms with van der Waals surface area (Å²) in [6, 6.07) is 16.5. The SMILES string of the molecule is COCCN(CC1CN(Cc2cccc(OC)c2)CC1c1cccc(OC)c1)C(C)=O. The number of carbonyl (C=O) groups excluding carboxylic acids is 1. The Morgan fingerprint density at radius 2 is 1.74 bits per heavy atom. The van der Waals surface area contributed by atoms with Crippen LogP contribution in [0.15, 0.2) is 48.5 Å². The van der Waals surface area contributed by atoms with E-state index in [4.69, 9.17) is 14.2 Å². The average Bonchev–Trinajstić information content (AvgIpc) is 3.18. The number of hydrogen-bond acceptors (Lipinski definition) is 5. The first-order valence-corrected chi connectivity index (χ1v) is 10.8. The van der Waals surface area contributed by atoms with Crippen LogP contribution in [0.3, 0.4) is 0 Å². The average molecular weight is 427 g/mol. The molecule has 2 aromatic rings. The van der Waals surface area contributed by atoms with Crippen LogP contribution in [0, 0.1) is 5.92 Å². The largest absolute Gasteiger partial charge is 0.497 e. The third-order valence-electron chi connectivity index (χ3n) is 6.04. The fraction of sp³-hybridized carbons (Fsp3) is 0.480. The minimum absolute atomic E-state index is 0.0905. The molecular weight excluding hydrogens is 392 g/mol. The molecule has 6 heteroatoms. The van der Waals surface area contributed by atoms with Crippen LogP contribution in [-0.2, 0) is 16.1 Å². The summed E-state index contributed by atoms with van der Waals surface area (Å²) in [4.78, 5) is 16.6. The molecule has 3 rings (SSSR count). The van der Waals surface area contributed by atoms with Crippen LogP contribution in [-0.4, -0.2) is 69.8 Å². The Kier molecular flexibility index (Phi) is 8.32. The molecule has 1 amide bonds. The van der Waals surface area contributed by atoms with Gasteiger partial charge >= 0.3 is 0 Å². The highest BCUT2D eigenvalue weighted by Gasteiger charge is 2.35. The Morgan fingerprint density at radius 1 is 1.03 bits per heavy atom. The molecule has 31 heavy (non-hydrogen) atoms. The molecule has 6 nitrogen and oxygen atoms in total. The first-order chi connectivity index (χ1) is 15.0. The van der Waals surface area contributed by atoms with E-state index >= 15 is 0 Å². The molecule has 168 valence electrons. The maximum atomic E-state index is 12.2. The molecule has 0 saturated carbocycles. The molecule has 0 aliphatic carbocycles. The zero-order valence-electron chi connectivity index (χ0n) is 19.0. The lowest BCUT2D eigenvalue weighted by Crippen LogP contribution is -2.38. The summed E-state index contributed by atoms with van der Waals surface area (Å²) in [6.07, 6.45) is 0. The van der Waals surface area contributed by atoms with Crippen LogP contribution >= 0.6 is 0 Å². The van der Waals surface area contributed by atoms with Gasteiger partial charge in [-0.2, -0.15) is 0 Å². The lowest BCUT2D eigenvalue weighted by Gasteiger charge is -2.27. The molecule has 0 radical (unpaired) electrons. The fourth-order valence-electron chi connectivity index (χ4n) is 4.42. The number of rotatable bonds is 10. The third kappa shape index (κ3) is 6.21. The van der Waals surface area contributed by atoms with E-state index in [1.807, 2.05) is 29.2 Å². The predicted molar refractivity (Wildman–Crippen MR) is 122 cm³/mol. The van der Waals surface area contributed by atoms with Gasteiger partial charge in [-0.05, 0) is 41.3 Å². The van der Waals surface area contributed by atoms with Crippen molar-refractivity contribution >= 4 is 5.91 Å². The first kappa shape index (κ1) is 23.1. The van der Waals surface area contributed by atoms with Gasteiger partial charge in [0.15, 0.2) is 0 Å². The highest BCUT2D eigenvalue weighted by atomic mass is 16.5. The standard InChI is InChI=1S/C25H34N2O4/c1-19(28)27(11-12-29-2)17-22-16-26(15-20-7-5-9-23(13-20)30-3)18-25(22)21-8-6-10-24(14-21)31-4/h5-10,13-14,22,25H,11-12,15-18H2,1-4H3. The van der Waals surface area contributed by atoms with Crippen LogP contribution < -0.4 is 9.47 Å². The number of nitrogens with zero attached hydrogens (tertiary/aromatic N) is 2. The van der Waals surface area contributed by atoms with Crippen molar-refractivity contribution in [3.8, 4) is 11.5 Å². The molecule has 1 heterocycles. The molecular formula is C25H34N2O4. The lowest BCUT2D eigenvalue weighted by molar-refractivity contribution is -0.130. The van der Waals surface area contributed by atoms with Gasteiger partial charge in [0.25, 0.3) is 0 Å². The van der Waals surface area contributed by atoms with Crippen molar-refractivity contribution < 1.29 is 19.0 Å². The zero-order valence-corrected chi connectivity index (χ0v) is 19.0. The van der Waals surface area contributed by atoms with E-state index in [1.54, 1.807) is 28.3 Å². The first-order valence-electron chi connectivity index (χ1n) is 10.8. The van der Waals surface area contributed by atoms with Crippen LogP contribution in [0.1, 0.15) is 24.0 Å². The van der Waals surface area contributed by atoms with Gasteiger partial charge in [-0.25, -0.2) is 0 Å². The summed E-state index contributed by atoms with van der Waals surface area (Å²) in [5.74, 6) is 2.49. The fourth-order valence-corrected chi connectivity index (χ4v) is 4.42. The molecule has 0 bridgehead atoms. The van der Waals surface area contributed by atoms with Gasteiger partial charge in [0.1, 0.15) is 11.5 Å². The topological polar surface area (TPSA) is 51.2 Å². The van der Waals surface area contributed by atoms with Gasteiger partial charge in [0.2, 0.25) is 5.91 Å². The smallest absolute Gasteiger partial charge is 0.219 e. The summed E-state index contributed by atoms with van der Waals surface area (Å²) in [5.41, 5.74) is 2.49. The number of amides is 1. The number of methoxy groups -OCH3 is 3. The summed E-state index contributed by atoms with van der Waals surface area (Å²) >= 11 is 0. The summed E-state index contributed by atoms with van der Waals surface area (Å²) < 4.78 is 16.1. The number of hydrogen-bond donors (Lipinski definition) is 0. The Morgan fingerprint density at radius 3 is 2.42 bits per heavy atom. The van der Waals surface area contributed by atoms with E-state index < -0.39 is 0 Å². The second-order valence-electron chi connectivity index (χ2n) is 8.15. The normalized spacial score (nSPS) is 18.7. The minimum atomic E-state index is 0.0905. The Balaban J connectivity index is 1.80. The van der Waals surface area contributed by atoms with Crippen LogP contribution in [0.5, 0.6) is 11.5 Å². The van der Waals surface area contributed by atoms with Crippen molar-refractivity contribution in [1.29, 1.82) is 0 Å². The van der Waals surface area contributed by atoms with Crippen molar-refractivity contribution in [3.05, 3.63) is 59.7 Å². The van der Waals surface area contributed by atoms with E-state index in [9.17, 15) is 4.79 Å².